The molecular formula is C10H8ClFO2. The van der Waals surface area contributed by atoms with Crippen molar-refractivity contribution in [1.82, 2.24) is 0 Å². The SMILES string of the molecule is CC(=O)C(Cl)C(=O)c1ccc(F)cc1. The van der Waals surface area contributed by atoms with E-state index in [1.807, 2.05) is 0 Å². The maximum Gasteiger partial charge on any atom is 0.188 e. The van der Waals surface area contributed by atoms with Crippen molar-refractivity contribution < 1.29 is 14.0 Å². The Kier molecular flexibility index (Phi) is 3.36. The van der Waals surface area contributed by atoms with Crippen LogP contribution in [0.3, 0.4) is 0 Å². The Morgan fingerprint density at radius 3 is 2.21 bits per heavy atom. The molecule has 1 aromatic carbocycles. The fourth-order valence-electron chi connectivity index (χ4n) is 0.945. The lowest BCUT2D eigenvalue weighted by atomic mass is 10.1. The molecule has 0 amide bonds. The Morgan fingerprint density at radius 1 is 1.29 bits per heavy atom. The predicted octanol–water partition coefficient (Wildman–Crippen LogP) is 2.20. The highest BCUT2D eigenvalue weighted by atomic mass is 35.5. The molecule has 1 atom stereocenters. The van der Waals surface area contributed by atoms with Crippen LogP contribution >= 0.6 is 11.6 Å². The molecule has 0 saturated heterocycles. The number of alkyl halides is 1. The van der Waals surface area contributed by atoms with Gasteiger partial charge < -0.3 is 0 Å². The van der Waals surface area contributed by atoms with E-state index >= 15 is 0 Å². The summed E-state index contributed by atoms with van der Waals surface area (Å²) in [5.41, 5.74) is 0.238. The summed E-state index contributed by atoms with van der Waals surface area (Å²) in [5, 5.41) is -1.18. The van der Waals surface area contributed by atoms with Crippen LogP contribution in [0.2, 0.25) is 0 Å². The zero-order valence-electron chi connectivity index (χ0n) is 7.46. The number of hydrogen-bond acceptors (Lipinski definition) is 2. The van der Waals surface area contributed by atoms with Crippen LogP contribution in [0.15, 0.2) is 24.3 Å². The van der Waals surface area contributed by atoms with Crippen LogP contribution in [0, 0.1) is 5.82 Å². The van der Waals surface area contributed by atoms with Gasteiger partial charge in [0.2, 0.25) is 0 Å². The average molecular weight is 215 g/mol. The highest BCUT2D eigenvalue weighted by Gasteiger charge is 2.21. The van der Waals surface area contributed by atoms with Gasteiger partial charge in [-0.05, 0) is 31.2 Å². The van der Waals surface area contributed by atoms with E-state index in [-0.39, 0.29) is 5.56 Å². The van der Waals surface area contributed by atoms with Crippen LogP contribution < -0.4 is 0 Å². The molecule has 0 heterocycles. The van der Waals surface area contributed by atoms with Crippen LogP contribution in [0.4, 0.5) is 4.39 Å². The van der Waals surface area contributed by atoms with Crippen molar-refractivity contribution in [2.24, 2.45) is 0 Å². The third kappa shape index (κ3) is 2.39. The van der Waals surface area contributed by atoms with Gasteiger partial charge in [0.15, 0.2) is 16.9 Å². The lowest BCUT2D eigenvalue weighted by molar-refractivity contribution is -0.115. The molecule has 1 aromatic rings. The summed E-state index contributed by atoms with van der Waals surface area (Å²) in [5.74, 6) is -1.35. The standard InChI is InChI=1S/C10H8ClFO2/c1-6(13)9(11)10(14)7-2-4-8(12)5-3-7/h2-5,9H,1H3. The van der Waals surface area contributed by atoms with Crippen LogP contribution in [0.25, 0.3) is 0 Å². The minimum absolute atomic E-state index is 0.238. The molecule has 0 radical (unpaired) electrons. The fraction of sp³-hybridized carbons (Fsp3) is 0.200. The molecule has 0 N–H and O–H groups in total. The van der Waals surface area contributed by atoms with Crippen LogP contribution in [-0.4, -0.2) is 16.9 Å². The molecule has 14 heavy (non-hydrogen) atoms. The molecule has 2 nitrogen and oxygen atoms in total. The first kappa shape index (κ1) is 10.9. The van der Waals surface area contributed by atoms with Gasteiger partial charge in [0, 0.05) is 5.56 Å². The van der Waals surface area contributed by atoms with E-state index in [2.05, 4.69) is 0 Å². The van der Waals surface area contributed by atoms with Crippen molar-refractivity contribution in [1.29, 1.82) is 0 Å². The van der Waals surface area contributed by atoms with Gasteiger partial charge in [0.25, 0.3) is 0 Å². The van der Waals surface area contributed by atoms with Gasteiger partial charge in [-0.25, -0.2) is 4.39 Å². The number of rotatable bonds is 3. The third-order valence-electron chi connectivity index (χ3n) is 1.72. The largest absolute Gasteiger partial charge is 0.298 e. The van der Waals surface area contributed by atoms with Crippen molar-refractivity contribution in [2.75, 3.05) is 0 Å². The van der Waals surface area contributed by atoms with Crippen molar-refractivity contribution in [3.05, 3.63) is 35.6 Å². The first-order valence-corrected chi connectivity index (χ1v) is 4.40. The smallest absolute Gasteiger partial charge is 0.188 e. The number of halogens is 2. The molecule has 1 unspecified atom stereocenters. The fourth-order valence-corrected chi connectivity index (χ4v) is 1.07. The van der Waals surface area contributed by atoms with Gasteiger partial charge >= 0.3 is 0 Å². The molecule has 4 heteroatoms. The van der Waals surface area contributed by atoms with Gasteiger partial charge in [0.05, 0.1) is 0 Å². The van der Waals surface area contributed by atoms with E-state index in [4.69, 9.17) is 11.6 Å². The van der Waals surface area contributed by atoms with Crippen molar-refractivity contribution in [2.45, 2.75) is 12.3 Å². The molecule has 0 spiro atoms. The first-order valence-electron chi connectivity index (χ1n) is 3.96. The number of carbonyl (C=O) groups is 2. The quantitative estimate of drug-likeness (QED) is 0.439. The Bertz CT molecular complexity index is 359. The molecule has 74 valence electrons. The summed E-state index contributed by atoms with van der Waals surface area (Å²) in [6, 6.07) is 4.90. The summed E-state index contributed by atoms with van der Waals surface area (Å²) in [7, 11) is 0. The van der Waals surface area contributed by atoms with Gasteiger partial charge in [-0.2, -0.15) is 0 Å². The molecule has 1 rings (SSSR count). The van der Waals surface area contributed by atoms with Gasteiger partial charge in [-0.1, -0.05) is 0 Å². The monoisotopic (exact) mass is 214 g/mol. The molecule has 0 bridgehead atoms. The minimum atomic E-state index is -1.18. The molecule has 0 aliphatic heterocycles. The summed E-state index contributed by atoms with van der Waals surface area (Å²) in [6.45, 7) is 1.24. The topological polar surface area (TPSA) is 34.1 Å². The summed E-state index contributed by atoms with van der Waals surface area (Å²) in [4.78, 5) is 22.2. The Labute approximate surface area is 85.7 Å². The maximum absolute atomic E-state index is 12.5. The Balaban J connectivity index is 2.90. The van der Waals surface area contributed by atoms with Gasteiger partial charge in [-0.3, -0.25) is 9.59 Å². The van der Waals surface area contributed by atoms with Crippen LogP contribution in [0.1, 0.15) is 17.3 Å². The predicted molar refractivity (Wildman–Crippen MR) is 51.1 cm³/mol. The number of hydrogen-bond donors (Lipinski definition) is 0. The number of carbonyl (C=O) groups excluding carboxylic acids is 2. The summed E-state index contributed by atoms with van der Waals surface area (Å²) < 4.78 is 12.5. The second-order valence-corrected chi connectivity index (χ2v) is 3.28. The lowest BCUT2D eigenvalue weighted by Crippen LogP contribution is -2.22. The summed E-state index contributed by atoms with van der Waals surface area (Å²) >= 11 is 5.55. The van der Waals surface area contributed by atoms with Crippen molar-refractivity contribution in [3.8, 4) is 0 Å². The normalized spacial score (nSPS) is 12.2. The Hall–Kier alpha value is -1.22. The minimum Gasteiger partial charge on any atom is -0.298 e. The Morgan fingerprint density at radius 2 is 1.79 bits per heavy atom. The van der Waals surface area contributed by atoms with Crippen LogP contribution in [-0.2, 0) is 4.79 Å². The number of ketones is 2. The number of benzene rings is 1. The number of Topliss-reactive ketones (excluding diaryl/α,β-unsaturated/α-hetero) is 2. The molecule has 0 saturated carbocycles. The third-order valence-corrected chi connectivity index (χ3v) is 2.22. The maximum atomic E-state index is 12.5. The zero-order valence-corrected chi connectivity index (χ0v) is 8.22. The van der Waals surface area contributed by atoms with Gasteiger partial charge in [-0.15, -0.1) is 11.6 Å². The molecule has 0 aliphatic rings. The van der Waals surface area contributed by atoms with E-state index < -0.39 is 22.8 Å². The van der Waals surface area contributed by atoms with Crippen molar-refractivity contribution in [3.63, 3.8) is 0 Å². The van der Waals surface area contributed by atoms with E-state index in [1.165, 1.54) is 19.1 Å². The van der Waals surface area contributed by atoms with E-state index in [0.717, 1.165) is 12.1 Å². The molecule has 0 aliphatic carbocycles. The van der Waals surface area contributed by atoms with Crippen molar-refractivity contribution >= 4 is 23.2 Å². The highest BCUT2D eigenvalue weighted by molar-refractivity contribution is 6.44. The molecule has 0 aromatic heterocycles. The molecule has 0 fully saturated rings. The van der Waals surface area contributed by atoms with Crippen LogP contribution in [0.5, 0.6) is 0 Å². The first-order chi connectivity index (χ1) is 6.52. The second-order valence-electron chi connectivity index (χ2n) is 2.84. The molecular weight excluding hydrogens is 207 g/mol. The summed E-state index contributed by atoms with van der Waals surface area (Å²) in [6.07, 6.45) is 0. The van der Waals surface area contributed by atoms with Gasteiger partial charge in [0.1, 0.15) is 5.82 Å². The highest BCUT2D eigenvalue weighted by Crippen LogP contribution is 2.10. The zero-order chi connectivity index (χ0) is 10.7. The van der Waals surface area contributed by atoms with E-state index in [9.17, 15) is 14.0 Å². The average Bonchev–Trinajstić information content (AvgIpc) is 2.16. The second kappa shape index (κ2) is 4.33. The van der Waals surface area contributed by atoms with E-state index in [1.54, 1.807) is 0 Å². The lowest BCUT2D eigenvalue weighted by Gasteiger charge is -2.03. The van der Waals surface area contributed by atoms with E-state index in [0.29, 0.717) is 0 Å².